The molecule has 1 atom stereocenters. The zero-order chi connectivity index (χ0) is 13.9. The van der Waals surface area contributed by atoms with Crippen molar-refractivity contribution >= 4 is 36.5 Å². The number of carbonyl (C=O) groups excluding carboxylic acids is 1. The number of anilines is 1. The van der Waals surface area contributed by atoms with E-state index < -0.39 is 11.6 Å². The molecule has 116 valence electrons. The molecule has 0 aromatic heterocycles. The number of nitrogen functional groups attached to an aromatic ring is 1. The van der Waals surface area contributed by atoms with E-state index in [9.17, 15) is 4.79 Å². The molecule has 1 rings (SSSR count). The Hall–Kier alpha value is -0.970. The number of carbonyl (C=O) groups is 1. The number of hydrogen-bond acceptors (Lipinski definition) is 4. The highest BCUT2D eigenvalue weighted by Crippen LogP contribution is 2.22. The second-order valence-corrected chi connectivity index (χ2v) is 5.36. The van der Waals surface area contributed by atoms with E-state index in [1.807, 2.05) is 33.8 Å². The number of halogens is 2. The van der Waals surface area contributed by atoms with Crippen LogP contribution in [0.1, 0.15) is 56.1 Å². The zero-order valence-electron chi connectivity index (χ0n) is 12.3. The van der Waals surface area contributed by atoms with Crippen LogP contribution in [0.25, 0.3) is 0 Å². The smallest absolute Gasteiger partial charge is 0.340 e. The fourth-order valence-electron chi connectivity index (χ4n) is 1.55. The summed E-state index contributed by atoms with van der Waals surface area (Å²) in [4.78, 5) is 12.0. The molecule has 1 unspecified atom stereocenters. The lowest BCUT2D eigenvalue weighted by Gasteiger charge is -2.20. The second kappa shape index (κ2) is 8.35. The number of hydrogen-bond donors (Lipinski definition) is 2. The predicted molar refractivity (Wildman–Crippen MR) is 87.7 cm³/mol. The highest BCUT2D eigenvalue weighted by Gasteiger charge is 2.20. The molecule has 4 N–H and O–H groups in total. The maximum atomic E-state index is 12.0. The molecular weight excluding hydrogens is 299 g/mol. The second-order valence-electron chi connectivity index (χ2n) is 5.36. The van der Waals surface area contributed by atoms with E-state index in [-0.39, 0.29) is 30.9 Å². The molecule has 1 aromatic rings. The van der Waals surface area contributed by atoms with Crippen LogP contribution in [0.5, 0.6) is 0 Å². The van der Waals surface area contributed by atoms with Gasteiger partial charge in [-0.15, -0.1) is 24.8 Å². The fraction of sp³-hybridized carbons (Fsp3) is 0.500. The van der Waals surface area contributed by atoms with Crippen molar-refractivity contribution in [2.75, 3.05) is 5.73 Å². The van der Waals surface area contributed by atoms with Gasteiger partial charge >= 0.3 is 5.97 Å². The lowest BCUT2D eigenvalue weighted by atomic mass is 10.0. The third-order valence-corrected chi connectivity index (χ3v) is 2.56. The zero-order valence-corrected chi connectivity index (χ0v) is 13.9. The minimum absolute atomic E-state index is 0. The van der Waals surface area contributed by atoms with Crippen molar-refractivity contribution in [2.45, 2.75) is 45.8 Å². The molecule has 20 heavy (non-hydrogen) atoms. The van der Waals surface area contributed by atoms with E-state index in [1.165, 1.54) is 0 Å². The number of benzene rings is 1. The van der Waals surface area contributed by atoms with Crippen molar-refractivity contribution in [3.8, 4) is 0 Å². The molecule has 6 heteroatoms. The van der Waals surface area contributed by atoms with Crippen LogP contribution in [0, 0.1) is 0 Å². The average Bonchev–Trinajstić information content (AvgIpc) is 2.26. The van der Waals surface area contributed by atoms with Gasteiger partial charge in [0, 0.05) is 11.7 Å². The Morgan fingerprint density at radius 2 is 1.85 bits per heavy atom. The largest absolute Gasteiger partial charge is 0.456 e. The highest BCUT2D eigenvalue weighted by atomic mass is 35.5. The average molecular weight is 323 g/mol. The summed E-state index contributed by atoms with van der Waals surface area (Å²) >= 11 is 0. The summed E-state index contributed by atoms with van der Waals surface area (Å²) in [5, 5.41) is 0. The first kappa shape index (κ1) is 21.3. The molecule has 0 spiro atoms. The molecule has 0 saturated carbocycles. The first-order valence-electron chi connectivity index (χ1n) is 6.13. The Balaban J connectivity index is 0. The predicted octanol–water partition coefficient (Wildman–Crippen LogP) is 3.48. The monoisotopic (exact) mass is 322 g/mol. The molecule has 0 fully saturated rings. The number of esters is 1. The Morgan fingerprint density at radius 3 is 2.30 bits per heavy atom. The summed E-state index contributed by atoms with van der Waals surface area (Å²) in [6, 6.07) is 5.17. The molecule has 4 nitrogen and oxygen atoms in total. The minimum atomic E-state index is -0.535. The van der Waals surface area contributed by atoms with E-state index in [1.54, 1.807) is 12.1 Å². The quantitative estimate of drug-likeness (QED) is 0.659. The molecule has 0 aliphatic carbocycles. The van der Waals surface area contributed by atoms with Crippen molar-refractivity contribution in [3.05, 3.63) is 29.3 Å². The van der Waals surface area contributed by atoms with Gasteiger partial charge in [-0.1, -0.05) is 13.0 Å². The van der Waals surface area contributed by atoms with E-state index in [0.717, 1.165) is 12.0 Å². The van der Waals surface area contributed by atoms with Gasteiger partial charge in [0.1, 0.15) is 5.60 Å². The summed E-state index contributed by atoms with van der Waals surface area (Å²) in [6.45, 7) is 7.46. The topological polar surface area (TPSA) is 78.3 Å². The molecule has 0 radical (unpaired) electrons. The normalized spacial score (nSPS) is 11.8. The SMILES string of the molecule is CCC(N)c1ccc(N)c(C(=O)OC(C)(C)C)c1.Cl.Cl. The lowest BCUT2D eigenvalue weighted by molar-refractivity contribution is 0.00707. The van der Waals surface area contributed by atoms with Gasteiger partial charge in [0.2, 0.25) is 0 Å². The number of ether oxygens (including phenoxy) is 1. The summed E-state index contributed by atoms with van der Waals surface area (Å²) in [5.41, 5.74) is 12.9. The molecule has 0 aliphatic heterocycles. The van der Waals surface area contributed by atoms with Gasteiger partial charge in [-0.3, -0.25) is 0 Å². The third-order valence-electron chi connectivity index (χ3n) is 2.56. The van der Waals surface area contributed by atoms with Crippen LogP contribution in [0.3, 0.4) is 0 Å². The van der Waals surface area contributed by atoms with Crippen molar-refractivity contribution < 1.29 is 9.53 Å². The van der Waals surface area contributed by atoms with Crippen molar-refractivity contribution in [3.63, 3.8) is 0 Å². The number of nitrogens with two attached hydrogens (primary N) is 2. The molecule has 0 bridgehead atoms. The summed E-state index contributed by atoms with van der Waals surface area (Å²) in [5.74, 6) is -0.412. The summed E-state index contributed by atoms with van der Waals surface area (Å²) in [7, 11) is 0. The van der Waals surface area contributed by atoms with Gasteiger partial charge in [0.15, 0.2) is 0 Å². The Morgan fingerprint density at radius 1 is 1.30 bits per heavy atom. The Kier molecular flexibility index (Phi) is 8.90. The molecule has 1 aromatic carbocycles. The van der Waals surface area contributed by atoms with Crippen LogP contribution in [-0.2, 0) is 4.74 Å². The van der Waals surface area contributed by atoms with Crippen molar-refractivity contribution in [1.82, 2.24) is 0 Å². The lowest BCUT2D eigenvalue weighted by Crippen LogP contribution is -2.24. The summed E-state index contributed by atoms with van der Waals surface area (Å²) < 4.78 is 5.31. The molecule has 0 saturated heterocycles. The molecule has 0 aliphatic rings. The minimum Gasteiger partial charge on any atom is -0.456 e. The van der Waals surface area contributed by atoms with Crippen LogP contribution < -0.4 is 11.5 Å². The van der Waals surface area contributed by atoms with Gasteiger partial charge in [0.25, 0.3) is 0 Å². The first-order chi connectivity index (χ1) is 8.24. The maximum Gasteiger partial charge on any atom is 0.340 e. The first-order valence-corrected chi connectivity index (χ1v) is 6.13. The van der Waals surface area contributed by atoms with E-state index in [2.05, 4.69) is 0 Å². The molecular formula is C14H24Cl2N2O2. The van der Waals surface area contributed by atoms with Crippen LogP contribution in [-0.4, -0.2) is 11.6 Å². The third kappa shape index (κ3) is 5.99. The van der Waals surface area contributed by atoms with Gasteiger partial charge in [-0.25, -0.2) is 4.79 Å². The fourth-order valence-corrected chi connectivity index (χ4v) is 1.55. The van der Waals surface area contributed by atoms with Crippen LogP contribution in [0.15, 0.2) is 18.2 Å². The van der Waals surface area contributed by atoms with E-state index >= 15 is 0 Å². The van der Waals surface area contributed by atoms with Crippen LogP contribution in [0.4, 0.5) is 5.69 Å². The highest BCUT2D eigenvalue weighted by molar-refractivity contribution is 5.95. The van der Waals surface area contributed by atoms with Crippen molar-refractivity contribution in [2.24, 2.45) is 5.73 Å². The van der Waals surface area contributed by atoms with Gasteiger partial charge in [-0.2, -0.15) is 0 Å². The van der Waals surface area contributed by atoms with E-state index in [0.29, 0.717) is 11.3 Å². The van der Waals surface area contributed by atoms with Gasteiger partial charge < -0.3 is 16.2 Å². The summed E-state index contributed by atoms with van der Waals surface area (Å²) in [6.07, 6.45) is 0.803. The molecule has 0 amide bonds. The standard InChI is InChI=1S/C14H22N2O2.2ClH/c1-5-11(15)9-6-7-12(16)10(8-9)13(17)18-14(2,3)4;;/h6-8,11H,5,15-16H2,1-4H3;2*1H. The van der Waals surface area contributed by atoms with Crippen molar-refractivity contribution in [1.29, 1.82) is 0 Å². The van der Waals surface area contributed by atoms with Gasteiger partial charge in [-0.05, 0) is 44.9 Å². The van der Waals surface area contributed by atoms with Crippen LogP contribution in [0.2, 0.25) is 0 Å². The Labute approximate surface area is 133 Å². The maximum absolute atomic E-state index is 12.0. The van der Waals surface area contributed by atoms with Gasteiger partial charge in [0.05, 0.1) is 5.56 Å². The van der Waals surface area contributed by atoms with Crippen LogP contribution >= 0.6 is 24.8 Å². The molecule has 0 heterocycles. The van der Waals surface area contributed by atoms with E-state index in [4.69, 9.17) is 16.2 Å². The number of rotatable bonds is 3. The Bertz CT molecular complexity index is 445.